The summed E-state index contributed by atoms with van der Waals surface area (Å²) < 4.78 is 20.3. The summed E-state index contributed by atoms with van der Waals surface area (Å²) in [6, 6.07) is 11.9. The molecule has 1 unspecified atom stereocenters. The van der Waals surface area contributed by atoms with Crippen LogP contribution >= 0.6 is 11.6 Å². The van der Waals surface area contributed by atoms with E-state index in [1.165, 1.54) is 6.20 Å². The molecule has 1 atom stereocenters. The van der Waals surface area contributed by atoms with Crippen LogP contribution in [0.2, 0.25) is 5.02 Å². The third kappa shape index (κ3) is 4.06. The van der Waals surface area contributed by atoms with Gasteiger partial charge in [0.25, 0.3) is 5.91 Å². The number of amides is 1. The van der Waals surface area contributed by atoms with Gasteiger partial charge in [-0.15, -0.1) is 0 Å². The number of rotatable bonds is 5. The third-order valence-electron chi connectivity index (χ3n) is 3.80. The summed E-state index contributed by atoms with van der Waals surface area (Å²) >= 11 is 4.21. The van der Waals surface area contributed by atoms with E-state index in [0.717, 1.165) is 0 Å². The molecule has 0 saturated carbocycles. The van der Waals surface area contributed by atoms with Gasteiger partial charge in [-0.1, -0.05) is 17.7 Å². The largest absolute Gasteiger partial charge is 0.365 e. The van der Waals surface area contributed by atoms with Crippen LogP contribution in [-0.2, 0) is 16.8 Å². The lowest BCUT2D eigenvalue weighted by Gasteiger charge is -2.15. The first kappa shape index (κ1) is 18.8. The Kier molecular flexibility index (Phi) is 5.37. The minimum atomic E-state index is -2.06. The zero-order chi connectivity index (χ0) is 19.6. The fraction of sp³-hybridized carbons (Fsp3) is 0.0556. The normalized spacial score (nSPS) is 11.7. The third-order valence-corrected chi connectivity index (χ3v) is 4.67. The summed E-state index contributed by atoms with van der Waals surface area (Å²) in [4.78, 5) is 16.1. The highest BCUT2D eigenvalue weighted by Crippen LogP contribution is 2.34. The van der Waals surface area contributed by atoms with Crippen molar-refractivity contribution in [1.82, 2.24) is 4.98 Å². The van der Waals surface area contributed by atoms with Crippen molar-refractivity contribution < 1.29 is 13.6 Å². The molecule has 2 aromatic carbocycles. The summed E-state index contributed by atoms with van der Waals surface area (Å²) in [7, 11) is 0. The van der Waals surface area contributed by atoms with Crippen LogP contribution in [0.3, 0.4) is 0 Å². The van der Waals surface area contributed by atoms with E-state index < -0.39 is 17.0 Å². The minimum Gasteiger partial charge on any atom is -0.365 e. The Morgan fingerprint density at radius 3 is 2.81 bits per heavy atom. The van der Waals surface area contributed by atoms with Gasteiger partial charge in [-0.25, -0.2) is 4.21 Å². The standard InChI is InChI=1S/C18H13ClN4O3S/c19-15-6-11(9-27(25)26)5-13-16(14(18(21)24)8-22-17(13)15)23-12-3-1-2-10(4-12)7-20/h1-6,8H,9H2,(H2,21,24)(H,22,23)(H,25,26). The second-order valence-electron chi connectivity index (χ2n) is 5.67. The number of carbonyl (C=O) groups excluding carboxylic acids is 1. The second-order valence-corrected chi connectivity index (χ2v) is 7.01. The molecular formula is C18H13ClN4O3S. The van der Waals surface area contributed by atoms with Gasteiger partial charge >= 0.3 is 0 Å². The molecule has 27 heavy (non-hydrogen) atoms. The van der Waals surface area contributed by atoms with E-state index in [1.807, 2.05) is 6.07 Å². The summed E-state index contributed by atoms with van der Waals surface area (Å²) in [6.07, 6.45) is 1.32. The molecule has 0 aliphatic rings. The molecule has 4 N–H and O–H groups in total. The van der Waals surface area contributed by atoms with Gasteiger partial charge < -0.3 is 15.6 Å². The maximum atomic E-state index is 11.9. The zero-order valence-electron chi connectivity index (χ0n) is 13.8. The van der Waals surface area contributed by atoms with Crippen molar-refractivity contribution in [2.75, 3.05) is 5.32 Å². The first-order valence-electron chi connectivity index (χ1n) is 7.64. The Hall–Kier alpha value is -2.99. The molecule has 1 heterocycles. The van der Waals surface area contributed by atoms with Gasteiger partial charge in [-0.05, 0) is 35.9 Å². The Morgan fingerprint density at radius 2 is 2.15 bits per heavy atom. The van der Waals surface area contributed by atoms with E-state index in [1.54, 1.807) is 36.4 Å². The highest BCUT2D eigenvalue weighted by molar-refractivity contribution is 7.78. The van der Waals surface area contributed by atoms with Gasteiger partial charge in [0, 0.05) is 17.3 Å². The molecule has 1 aromatic heterocycles. The van der Waals surface area contributed by atoms with Gasteiger partial charge in [-0.2, -0.15) is 5.26 Å². The van der Waals surface area contributed by atoms with Crippen molar-refractivity contribution in [3.8, 4) is 6.07 Å². The number of hydrogen-bond donors (Lipinski definition) is 3. The molecule has 3 rings (SSSR count). The second kappa shape index (κ2) is 7.72. The molecular weight excluding hydrogens is 388 g/mol. The number of anilines is 2. The number of nitrogens with zero attached hydrogens (tertiary/aromatic N) is 2. The van der Waals surface area contributed by atoms with Crippen LogP contribution in [0, 0.1) is 11.3 Å². The number of fused-ring (bicyclic) bond motifs is 1. The van der Waals surface area contributed by atoms with Crippen LogP contribution in [0.4, 0.5) is 11.4 Å². The molecule has 9 heteroatoms. The molecule has 0 aliphatic heterocycles. The van der Waals surface area contributed by atoms with Crippen molar-refractivity contribution in [1.29, 1.82) is 5.26 Å². The van der Waals surface area contributed by atoms with Gasteiger partial charge in [0.1, 0.15) is 0 Å². The number of carbonyl (C=O) groups is 1. The van der Waals surface area contributed by atoms with Crippen LogP contribution in [0.15, 0.2) is 42.6 Å². The molecule has 0 radical (unpaired) electrons. The van der Waals surface area contributed by atoms with Crippen LogP contribution in [0.5, 0.6) is 0 Å². The number of nitrogens with two attached hydrogens (primary N) is 1. The fourth-order valence-electron chi connectivity index (χ4n) is 2.67. The number of halogens is 1. The predicted molar refractivity (Wildman–Crippen MR) is 104 cm³/mol. The Labute approximate surface area is 162 Å². The fourth-order valence-corrected chi connectivity index (χ4v) is 3.42. The monoisotopic (exact) mass is 400 g/mol. The Bertz CT molecular complexity index is 1130. The van der Waals surface area contributed by atoms with Gasteiger partial charge in [0.15, 0.2) is 11.1 Å². The first-order valence-corrected chi connectivity index (χ1v) is 9.30. The highest BCUT2D eigenvalue weighted by Gasteiger charge is 2.17. The number of nitrogens with one attached hydrogen (secondary N) is 1. The van der Waals surface area contributed by atoms with E-state index in [9.17, 15) is 9.00 Å². The molecule has 0 bridgehead atoms. The summed E-state index contributed by atoms with van der Waals surface area (Å²) in [5.74, 6) is -0.824. The lowest BCUT2D eigenvalue weighted by atomic mass is 10.1. The van der Waals surface area contributed by atoms with Crippen molar-refractivity contribution in [3.63, 3.8) is 0 Å². The smallest absolute Gasteiger partial charge is 0.252 e. The van der Waals surface area contributed by atoms with Crippen molar-refractivity contribution in [3.05, 3.63) is 64.3 Å². The summed E-state index contributed by atoms with van der Waals surface area (Å²) in [5.41, 5.74) is 7.88. The van der Waals surface area contributed by atoms with Crippen LogP contribution in [0.1, 0.15) is 21.5 Å². The van der Waals surface area contributed by atoms with E-state index in [0.29, 0.717) is 33.4 Å². The summed E-state index contributed by atoms with van der Waals surface area (Å²) in [6.45, 7) is 0. The molecule has 0 saturated heterocycles. The Balaban J connectivity index is 2.24. The van der Waals surface area contributed by atoms with Crippen LogP contribution in [0.25, 0.3) is 10.9 Å². The number of pyridine rings is 1. The quantitative estimate of drug-likeness (QED) is 0.563. The van der Waals surface area contributed by atoms with Gasteiger partial charge in [-0.3, -0.25) is 9.78 Å². The van der Waals surface area contributed by atoms with Crippen molar-refractivity contribution in [2.24, 2.45) is 5.73 Å². The first-order chi connectivity index (χ1) is 12.9. The Morgan fingerprint density at radius 1 is 1.37 bits per heavy atom. The number of primary amides is 1. The molecule has 0 aliphatic carbocycles. The molecule has 3 aromatic rings. The number of aromatic nitrogens is 1. The average molecular weight is 401 g/mol. The number of nitriles is 1. The van der Waals surface area contributed by atoms with Gasteiger partial charge in [0.05, 0.1) is 39.2 Å². The van der Waals surface area contributed by atoms with Crippen molar-refractivity contribution >= 4 is 50.9 Å². The molecule has 1 amide bonds. The van der Waals surface area contributed by atoms with Crippen LogP contribution in [-0.4, -0.2) is 19.7 Å². The highest BCUT2D eigenvalue weighted by atomic mass is 35.5. The van der Waals surface area contributed by atoms with Crippen LogP contribution < -0.4 is 11.1 Å². The van der Waals surface area contributed by atoms with Crippen molar-refractivity contribution in [2.45, 2.75) is 5.75 Å². The minimum absolute atomic E-state index is 0.125. The lowest BCUT2D eigenvalue weighted by molar-refractivity contribution is 0.100. The lowest BCUT2D eigenvalue weighted by Crippen LogP contribution is -2.14. The van der Waals surface area contributed by atoms with E-state index >= 15 is 0 Å². The molecule has 0 fully saturated rings. The number of benzene rings is 2. The molecule has 0 spiro atoms. The van der Waals surface area contributed by atoms with E-state index in [2.05, 4.69) is 10.3 Å². The van der Waals surface area contributed by atoms with E-state index in [4.69, 9.17) is 27.1 Å². The van der Waals surface area contributed by atoms with E-state index in [-0.39, 0.29) is 16.3 Å². The average Bonchev–Trinajstić information content (AvgIpc) is 2.61. The number of hydrogen-bond acceptors (Lipinski definition) is 5. The molecule has 136 valence electrons. The zero-order valence-corrected chi connectivity index (χ0v) is 15.3. The SMILES string of the molecule is N#Cc1cccc(Nc2c(C(N)=O)cnc3c(Cl)cc(CS(=O)O)cc23)c1. The topological polar surface area (TPSA) is 129 Å². The molecule has 7 nitrogen and oxygen atoms in total. The predicted octanol–water partition coefficient (Wildman–Crippen LogP) is 3.32. The maximum Gasteiger partial charge on any atom is 0.252 e. The van der Waals surface area contributed by atoms with Gasteiger partial charge in [0.2, 0.25) is 0 Å². The summed E-state index contributed by atoms with van der Waals surface area (Å²) in [5, 5.41) is 12.9. The maximum absolute atomic E-state index is 11.9.